The van der Waals surface area contributed by atoms with Gasteiger partial charge in [0, 0.05) is 20.6 Å². The third-order valence-corrected chi connectivity index (χ3v) is 7.10. The number of sulfonamides is 1. The highest BCUT2D eigenvalue weighted by Gasteiger charge is 2.41. The number of nitrogens with zero attached hydrogens (tertiary/aromatic N) is 1. The van der Waals surface area contributed by atoms with Gasteiger partial charge in [0.15, 0.2) is 0 Å². The molecule has 0 spiro atoms. The fraction of sp³-hybridized carbons (Fsp3) is 0.625. The van der Waals surface area contributed by atoms with E-state index in [-0.39, 0.29) is 0 Å². The normalized spacial score (nSPS) is 28.2. The monoisotopic (exact) mass is 308 g/mol. The Balaban J connectivity index is 1.78. The molecular weight excluding hydrogens is 284 g/mol. The number of nitrogens with one attached hydrogen (secondary N) is 1. The Bertz CT molecular complexity index is 614. The molecule has 0 aromatic heterocycles. The van der Waals surface area contributed by atoms with Gasteiger partial charge >= 0.3 is 0 Å². The van der Waals surface area contributed by atoms with Crippen molar-refractivity contribution in [2.75, 3.05) is 26.0 Å². The summed E-state index contributed by atoms with van der Waals surface area (Å²) in [4.78, 5) is 0.373. The summed E-state index contributed by atoms with van der Waals surface area (Å²) in [5.74, 6) is 2.14. The summed E-state index contributed by atoms with van der Waals surface area (Å²) in [6, 6.07) is 7.11. The molecule has 0 aliphatic heterocycles. The summed E-state index contributed by atoms with van der Waals surface area (Å²) in [5.41, 5.74) is 0.664. The van der Waals surface area contributed by atoms with Crippen LogP contribution in [-0.4, -0.2) is 33.4 Å². The van der Waals surface area contributed by atoms with Crippen molar-refractivity contribution in [1.29, 1.82) is 0 Å². The molecule has 0 radical (unpaired) electrons. The average Bonchev–Trinajstić information content (AvgIpc) is 3.09. The first-order valence-electron chi connectivity index (χ1n) is 7.75. The zero-order chi connectivity index (χ0) is 15.0. The highest BCUT2D eigenvalue weighted by molar-refractivity contribution is 7.89. The maximum Gasteiger partial charge on any atom is 0.244 e. The van der Waals surface area contributed by atoms with Crippen LogP contribution in [0.25, 0.3) is 0 Å². The first-order valence-corrected chi connectivity index (χ1v) is 9.19. The maximum absolute atomic E-state index is 12.8. The minimum atomic E-state index is -3.42. The van der Waals surface area contributed by atoms with Crippen molar-refractivity contribution in [3.05, 3.63) is 24.3 Å². The van der Waals surface area contributed by atoms with Gasteiger partial charge in [0.2, 0.25) is 10.0 Å². The molecule has 21 heavy (non-hydrogen) atoms. The zero-order valence-electron chi connectivity index (χ0n) is 12.7. The van der Waals surface area contributed by atoms with E-state index >= 15 is 0 Å². The van der Waals surface area contributed by atoms with E-state index in [0.717, 1.165) is 11.8 Å². The number of anilines is 1. The van der Waals surface area contributed by atoms with Crippen LogP contribution >= 0.6 is 0 Å². The molecule has 0 heterocycles. The van der Waals surface area contributed by atoms with Gasteiger partial charge in [-0.25, -0.2) is 12.7 Å². The van der Waals surface area contributed by atoms with Crippen LogP contribution in [0.4, 0.5) is 5.69 Å². The summed E-state index contributed by atoms with van der Waals surface area (Å²) >= 11 is 0. The predicted molar refractivity (Wildman–Crippen MR) is 84.7 cm³/mol. The van der Waals surface area contributed by atoms with Crippen molar-refractivity contribution < 1.29 is 8.42 Å². The Hall–Kier alpha value is -1.07. The number of hydrogen-bond donors (Lipinski definition) is 1. The number of rotatable bonds is 5. The summed E-state index contributed by atoms with van der Waals surface area (Å²) < 4.78 is 27.1. The highest BCUT2D eigenvalue weighted by atomic mass is 32.2. The van der Waals surface area contributed by atoms with E-state index < -0.39 is 10.0 Å². The van der Waals surface area contributed by atoms with Crippen molar-refractivity contribution in [2.24, 2.45) is 17.8 Å². The minimum absolute atomic E-state index is 0.373. The Labute approximate surface area is 127 Å². The molecule has 2 aliphatic carbocycles. The fourth-order valence-electron chi connectivity index (χ4n) is 4.09. The predicted octanol–water partition coefficient (Wildman–Crippen LogP) is 2.79. The van der Waals surface area contributed by atoms with E-state index in [1.165, 1.54) is 25.7 Å². The van der Waals surface area contributed by atoms with Crippen molar-refractivity contribution >= 4 is 15.7 Å². The van der Waals surface area contributed by atoms with Gasteiger partial charge in [0.25, 0.3) is 0 Å². The molecule has 2 aliphatic rings. The number of hydrogen-bond acceptors (Lipinski definition) is 3. The van der Waals surface area contributed by atoms with Crippen LogP contribution in [0.3, 0.4) is 0 Å². The molecular formula is C16H24N2O2S. The summed E-state index contributed by atoms with van der Waals surface area (Å²) in [6.45, 7) is 0.654. The molecule has 2 bridgehead atoms. The van der Waals surface area contributed by atoms with Gasteiger partial charge in [-0.05, 0) is 49.1 Å². The number of fused-ring (bicyclic) bond motifs is 2. The first kappa shape index (κ1) is 14.9. The standard InChI is InChI=1S/C16H24N2O2S/c1-17-15-5-3-4-6-16(15)21(19,20)18(2)11-14-10-12-7-8-13(14)9-12/h3-6,12-14,17H,7-11H2,1-2H3. The van der Waals surface area contributed by atoms with E-state index in [1.54, 1.807) is 36.6 Å². The van der Waals surface area contributed by atoms with Crippen LogP contribution in [0.15, 0.2) is 29.2 Å². The summed E-state index contributed by atoms with van der Waals surface area (Å²) in [6.07, 6.45) is 5.15. The molecule has 3 atom stereocenters. The van der Waals surface area contributed by atoms with Crippen LogP contribution in [0.1, 0.15) is 25.7 Å². The second kappa shape index (κ2) is 5.61. The largest absolute Gasteiger partial charge is 0.387 e. The molecule has 1 aromatic carbocycles. The van der Waals surface area contributed by atoms with Gasteiger partial charge in [0.05, 0.1) is 5.69 Å². The molecule has 3 rings (SSSR count). The fourth-order valence-corrected chi connectivity index (χ4v) is 5.52. The molecule has 3 unspecified atom stereocenters. The molecule has 0 amide bonds. The Kier molecular flexibility index (Phi) is 3.97. The van der Waals surface area contributed by atoms with E-state index in [9.17, 15) is 8.42 Å². The van der Waals surface area contributed by atoms with Gasteiger partial charge in [-0.2, -0.15) is 0 Å². The van der Waals surface area contributed by atoms with Gasteiger partial charge in [-0.3, -0.25) is 0 Å². The van der Waals surface area contributed by atoms with Gasteiger partial charge in [-0.15, -0.1) is 0 Å². The van der Waals surface area contributed by atoms with Gasteiger partial charge < -0.3 is 5.32 Å². The molecule has 1 N–H and O–H groups in total. The second-order valence-corrected chi connectivity index (χ2v) is 8.48. The van der Waals surface area contributed by atoms with E-state index in [2.05, 4.69) is 5.32 Å². The van der Waals surface area contributed by atoms with Gasteiger partial charge in [-0.1, -0.05) is 18.6 Å². The number of benzene rings is 1. The maximum atomic E-state index is 12.8. The average molecular weight is 308 g/mol. The van der Waals surface area contributed by atoms with Gasteiger partial charge in [0.1, 0.15) is 4.90 Å². The van der Waals surface area contributed by atoms with Crippen LogP contribution in [0.2, 0.25) is 0 Å². The van der Waals surface area contributed by atoms with Crippen LogP contribution < -0.4 is 5.32 Å². The van der Waals surface area contributed by atoms with Crippen molar-refractivity contribution in [1.82, 2.24) is 4.31 Å². The lowest BCUT2D eigenvalue weighted by atomic mass is 9.89. The third kappa shape index (κ3) is 2.69. The molecule has 5 heteroatoms. The molecule has 4 nitrogen and oxygen atoms in total. The van der Waals surface area contributed by atoms with E-state index in [1.807, 2.05) is 6.07 Å². The Morgan fingerprint density at radius 1 is 1.24 bits per heavy atom. The molecule has 2 fully saturated rings. The van der Waals surface area contributed by atoms with Crippen LogP contribution in [0.5, 0.6) is 0 Å². The SMILES string of the molecule is CNc1ccccc1S(=O)(=O)N(C)CC1CC2CCC1C2. The molecule has 116 valence electrons. The zero-order valence-corrected chi connectivity index (χ0v) is 13.6. The summed E-state index contributed by atoms with van der Waals surface area (Å²) in [5, 5.41) is 2.97. The topological polar surface area (TPSA) is 49.4 Å². The lowest BCUT2D eigenvalue weighted by Crippen LogP contribution is -2.34. The molecule has 2 saturated carbocycles. The van der Waals surface area contributed by atoms with Crippen molar-refractivity contribution in [2.45, 2.75) is 30.6 Å². The molecule has 0 saturated heterocycles. The Morgan fingerprint density at radius 2 is 2.00 bits per heavy atom. The smallest absolute Gasteiger partial charge is 0.244 e. The number of para-hydroxylation sites is 1. The lowest BCUT2D eigenvalue weighted by molar-refractivity contribution is 0.280. The quantitative estimate of drug-likeness (QED) is 0.910. The summed E-state index contributed by atoms with van der Waals surface area (Å²) in [7, 11) is 0.0551. The Morgan fingerprint density at radius 3 is 2.62 bits per heavy atom. The van der Waals surface area contributed by atoms with Crippen LogP contribution in [-0.2, 0) is 10.0 Å². The van der Waals surface area contributed by atoms with Crippen molar-refractivity contribution in [3.8, 4) is 0 Å². The van der Waals surface area contributed by atoms with E-state index in [0.29, 0.717) is 23.0 Å². The van der Waals surface area contributed by atoms with Crippen LogP contribution in [0, 0.1) is 17.8 Å². The first-order chi connectivity index (χ1) is 10.0. The third-order valence-electron chi connectivity index (χ3n) is 5.22. The second-order valence-electron chi connectivity index (χ2n) is 6.47. The highest BCUT2D eigenvalue weighted by Crippen LogP contribution is 2.48. The molecule has 1 aromatic rings. The minimum Gasteiger partial charge on any atom is -0.387 e. The lowest BCUT2D eigenvalue weighted by Gasteiger charge is -2.27. The van der Waals surface area contributed by atoms with E-state index in [4.69, 9.17) is 0 Å². The van der Waals surface area contributed by atoms with Crippen molar-refractivity contribution in [3.63, 3.8) is 0 Å².